The third-order valence-corrected chi connectivity index (χ3v) is 2.18. The summed E-state index contributed by atoms with van der Waals surface area (Å²) in [5.41, 5.74) is 0. The van der Waals surface area contributed by atoms with Crippen molar-refractivity contribution in [2.24, 2.45) is 0 Å². The lowest BCUT2D eigenvalue weighted by Gasteiger charge is -2.31. The number of ether oxygens (including phenoxy) is 2. The van der Waals surface area contributed by atoms with E-state index in [4.69, 9.17) is 19.7 Å². The summed E-state index contributed by atoms with van der Waals surface area (Å²) in [6.07, 6.45) is -0.982. The fraction of sp³-hybridized carbons (Fsp3) is 0.400. The number of benzene rings is 1. The molecule has 2 N–H and O–H groups in total. The van der Waals surface area contributed by atoms with Crippen LogP contribution in [0.3, 0.4) is 0 Å². The number of aliphatic hydroxyl groups excluding tert-OH is 2. The summed E-state index contributed by atoms with van der Waals surface area (Å²) in [5.74, 6) is 1.22. The largest absolute Gasteiger partial charge is 0.480 e. The van der Waals surface area contributed by atoms with Crippen molar-refractivity contribution in [1.29, 1.82) is 0 Å². The summed E-state index contributed by atoms with van der Waals surface area (Å²) < 4.78 is 10.9. The van der Waals surface area contributed by atoms with Crippen molar-refractivity contribution < 1.29 is 19.7 Å². The Morgan fingerprint density at radius 3 is 1.71 bits per heavy atom. The maximum Gasteiger partial charge on any atom is 0.161 e. The van der Waals surface area contributed by atoms with Crippen LogP contribution in [-0.2, 0) is 0 Å². The molecule has 2 rings (SSSR count). The Kier molecular flexibility index (Phi) is 2.56. The third kappa shape index (κ3) is 1.54. The molecule has 0 aliphatic carbocycles. The van der Waals surface area contributed by atoms with Crippen molar-refractivity contribution in [3.63, 3.8) is 0 Å². The molecule has 0 amide bonds. The molecule has 0 aromatic heterocycles. The Bertz CT molecular complexity index is 282. The van der Waals surface area contributed by atoms with E-state index in [1.807, 2.05) is 12.1 Å². The van der Waals surface area contributed by atoms with Gasteiger partial charge >= 0.3 is 0 Å². The quantitative estimate of drug-likeness (QED) is 0.708. The number of aliphatic hydroxyl groups is 2. The first-order valence-corrected chi connectivity index (χ1v) is 4.49. The molecule has 0 fully saturated rings. The average molecular weight is 196 g/mol. The Morgan fingerprint density at radius 2 is 1.36 bits per heavy atom. The second-order valence-corrected chi connectivity index (χ2v) is 3.12. The summed E-state index contributed by atoms with van der Waals surface area (Å²) in [7, 11) is 0. The first-order valence-electron chi connectivity index (χ1n) is 4.49. The molecule has 0 saturated heterocycles. The second kappa shape index (κ2) is 3.86. The van der Waals surface area contributed by atoms with Crippen molar-refractivity contribution in [3.8, 4) is 11.5 Å². The molecule has 1 aromatic rings. The second-order valence-electron chi connectivity index (χ2n) is 3.12. The predicted molar refractivity (Wildman–Crippen MR) is 49.4 cm³/mol. The smallest absolute Gasteiger partial charge is 0.161 e. The Labute approximate surface area is 81.7 Å². The van der Waals surface area contributed by atoms with Crippen LogP contribution in [0.2, 0.25) is 0 Å². The fourth-order valence-corrected chi connectivity index (χ4v) is 1.43. The molecule has 4 nitrogen and oxygen atoms in total. The summed E-state index contributed by atoms with van der Waals surface area (Å²) in [5, 5.41) is 18.0. The SMILES string of the molecule is OC[C@@H]1Oc2ccccc2O[C@H]1CO. The lowest BCUT2D eigenvalue weighted by Crippen LogP contribution is -2.44. The van der Waals surface area contributed by atoms with E-state index in [2.05, 4.69) is 0 Å². The fourth-order valence-electron chi connectivity index (χ4n) is 1.43. The third-order valence-electron chi connectivity index (χ3n) is 2.18. The average Bonchev–Trinajstić information content (AvgIpc) is 2.27. The minimum Gasteiger partial charge on any atom is -0.480 e. The number of fused-ring (bicyclic) bond motifs is 1. The highest BCUT2D eigenvalue weighted by Crippen LogP contribution is 2.33. The van der Waals surface area contributed by atoms with E-state index in [0.717, 1.165) is 0 Å². The standard InChI is InChI=1S/C10H12O4/c11-5-9-10(6-12)14-8-4-2-1-3-7(8)13-9/h1-4,9-12H,5-6H2/t9-,10-/m0/s1. The zero-order valence-electron chi connectivity index (χ0n) is 7.59. The van der Waals surface area contributed by atoms with Crippen LogP contribution in [0.5, 0.6) is 11.5 Å². The van der Waals surface area contributed by atoms with Crippen LogP contribution in [0.15, 0.2) is 24.3 Å². The van der Waals surface area contributed by atoms with E-state index in [-0.39, 0.29) is 13.2 Å². The van der Waals surface area contributed by atoms with Gasteiger partial charge in [-0.15, -0.1) is 0 Å². The van der Waals surface area contributed by atoms with Crippen LogP contribution in [0.25, 0.3) is 0 Å². The first kappa shape index (κ1) is 9.30. The van der Waals surface area contributed by atoms with Crippen LogP contribution in [0, 0.1) is 0 Å². The van der Waals surface area contributed by atoms with Crippen molar-refractivity contribution in [3.05, 3.63) is 24.3 Å². The van der Waals surface area contributed by atoms with Gasteiger partial charge in [-0.25, -0.2) is 0 Å². The van der Waals surface area contributed by atoms with Crippen molar-refractivity contribution in [2.45, 2.75) is 12.2 Å². The van der Waals surface area contributed by atoms with Crippen LogP contribution in [-0.4, -0.2) is 35.6 Å². The molecule has 1 aromatic carbocycles. The van der Waals surface area contributed by atoms with Gasteiger partial charge in [-0.2, -0.15) is 0 Å². The highest BCUT2D eigenvalue weighted by Gasteiger charge is 2.30. The number of hydrogen-bond donors (Lipinski definition) is 2. The molecule has 4 heteroatoms. The van der Waals surface area contributed by atoms with Crippen LogP contribution in [0.4, 0.5) is 0 Å². The van der Waals surface area contributed by atoms with Gasteiger partial charge < -0.3 is 19.7 Å². The maximum atomic E-state index is 9.00. The Balaban J connectivity index is 2.25. The summed E-state index contributed by atoms with van der Waals surface area (Å²) in [4.78, 5) is 0. The zero-order valence-corrected chi connectivity index (χ0v) is 7.59. The predicted octanol–water partition coefficient (Wildman–Crippen LogP) is 0.180. The molecular weight excluding hydrogens is 184 g/mol. The normalized spacial score (nSPS) is 24.7. The van der Waals surface area contributed by atoms with Crippen LogP contribution >= 0.6 is 0 Å². The van der Waals surface area contributed by atoms with E-state index < -0.39 is 12.2 Å². The van der Waals surface area contributed by atoms with Crippen LogP contribution in [0.1, 0.15) is 0 Å². The summed E-state index contributed by atoms with van der Waals surface area (Å²) in [6.45, 7) is -0.334. The maximum absolute atomic E-state index is 9.00. The highest BCUT2D eigenvalue weighted by molar-refractivity contribution is 5.41. The zero-order chi connectivity index (χ0) is 9.97. The van der Waals surface area contributed by atoms with E-state index in [0.29, 0.717) is 11.5 Å². The van der Waals surface area contributed by atoms with E-state index in [9.17, 15) is 0 Å². The van der Waals surface area contributed by atoms with Gasteiger partial charge in [-0.1, -0.05) is 12.1 Å². The van der Waals surface area contributed by atoms with Gasteiger partial charge in [-0.3, -0.25) is 0 Å². The van der Waals surface area contributed by atoms with Crippen molar-refractivity contribution in [2.75, 3.05) is 13.2 Å². The lowest BCUT2D eigenvalue weighted by molar-refractivity contribution is -0.0350. The minimum atomic E-state index is -0.491. The van der Waals surface area contributed by atoms with E-state index >= 15 is 0 Å². The Hall–Kier alpha value is -1.26. The molecule has 1 aliphatic heterocycles. The van der Waals surface area contributed by atoms with Gasteiger partial charge in [0.2, 0.25) is 0 Å². The van der Waals surface area contributed by atoms with Crippen molar-refractivity contribution in [1.82, 2.24) is 0 Å². The molecule has 0 saturated carbocycles. The molecule has 0 unspecified atom stereocenters. The number of para-hydroxylation sites is 2. The molecule has 76 valence electrons. The van der Waals surface area contributed by atoms with E-state index in [1.165, 1.54) is 0 Å². The van der Waals surface area contributed by atoms with Gasteiger partial charge in [0.1, 0.15) is 0 Å². The number of rotatable bonds is 2. The van der Waals surface area contributed by atoms with Crippen molar-refractivity contribution >= 4 is 0 Å². The highest BCUT2D eigenvalue weighted by atomic mass is 16.6. The Morgan fingerprint density at radius 1 is 0.929 bits per heavy atom. The van der Waals surface area contributed by atoms with Gasteiger partial charge in [0, 0.05) is 0 Å². The van der Waals surface area contributed by atoms with Crippen LogP contribution < -0.4 is 9.47 Å². The molecule has 0 spiro atoms. The van der Waals surface area contributed by atoms with Gasteiger partial charge in [0.15, 0.2) is 23.7 Å². The molecular formula is C10H12O4. The van der Waals surface area contributed by atoms with Gasteiger partial charge in [-0.05, 0) is 12.1 Å². The van der Waals surface area contributed by atoms with Gasteiger partial charge in [0.25, 0.3) is 0 Å². The topological polar surface area (TPSA) is 58.9 Å². The monoisotopic (exact) mass is 196 g/mol. The number of hydrogen-bond acceptors (Lipinski definition) is 4. The molecule has 0 radical (unpaired) electrons. The molecule has 1 aliphatic rings. The van der Waals surface area contributed by atoms with E-state index in [1.54, 1.807) is 12.1 Å². The molecule has 0 bridgehead atoms. The molecule has 1 heterocycles. The first-order chi connectivity index (χ1) is 6.85. The summed E-state index contributed by atoms with van der Waals surface area (Å²) >= 11 is 0. The minimum absolute atomic E-state index is 0.167. The lowest BCUT2D eigenvalue weighted by atomic mass is 10.2. The molecule has 14 heavy (non-hydrogen) atoms. The molecule has 2 atom stereocenters. The summed E-state index contributed by atoms with van der Waals surface area (Å²) in [6, 6.07) is 7.20. The van der Waals surface area contributed by atoms with Gasteiger partial charge in [0.05, 0.1) is 13.2 Å².